The number of hydrogen-bond donors (Lipinski definition) is 0. The van der Waals surface area contributed by atoms with Gasteiger partial charge >= 0.3 is 0 Å². The predicted octanol–water partition coefficient (Wildman–Crippen LogP) is 2.39. The lowest BCUT2D eigenvalue weighted by atomic mass is 10.1. The van der Waals surface area contributed by atoms with Gasteiger partial charge in [0.05, 0.1) is 9.92 Å². The highest BCUT2D eigenvalue weighted by molar-refractivity contribution is 7.89. The van der Waals surface area contributed by atoms with E-state index in [9.17, 15) is 8.42 Å². The first-order valence-electron chi connectivity index (χ1n) is 10.2. The Morgan fingerprint density at radius 3 is 2.26 bits per heavy atom. The average molecular weight is 467 g/mol. The molecule has 5 rings (SSSR count). The Balaban J connectivity index is 1.25. The number of rotatable bonds is 4. The maximum Gasteiger partial charge on any atom is 0.243 e. The summed E-state index contributed by atoms with van der Waals surface area (Å²) in [5, 5.41) is 0.534. The molecule has 0 amide bonds. The van der Waals surface area contributed by atoms with E-state index >= 15 is 0 Å². The summed E-state index contributed by atoms with van der Waals surface area (Å²) in [6, 6.07) is 8.61. The van der Waals surface area contributed by atoms with Crippen LogP contribution < -0.4 is 18.9 Å². The van der Waals surface area contributed by atoms with Crippen molar-refractivity contribution in [1.82, 2.24) is 9.21 Å². The normalized spacial score (nSPS) is 19.3. The molecule has 2 aromatic rings. The minimum Gasteiger partial charge on any atom is -0.486 e. The van der Waals surface area contributed by atoms with Gasteiger partial charge in [-0.15, -0.1) is 0 Å². The van der Waals surface area contributed by atoms with Gasteiger partial charge in [-0.25, -0.2) is 8.42 Å². The monoisotopic (exact) mass is 466 g/mol. The molecule has 3 aliphatic rings. The van der Waals surface area contributed by atoms with Crippen molar-refractivity contribution >= 4 is 21.6 Å². The van der Waals surface area contributed by atoms with Crippen molar-refractivity contribution in [1.29, 1.82) is 0 Å². The van der Waals surface area contributed by atoms with E-state index in [-0.39, 0.29) is 4.90 Å². The van der Waals surface area contributed by atoms with E-state index in [4.69, 9.17) is 30.5 Å². The maximum absolute atomic E-state index is 13.1. The quantitative estimate of drug-likeness (QED) is 0.684. The van der Waals surface area contributed by atoms with Crippen LogP contribution in [0.4, 0.5) is 0 Å². The maximum atomic E-state index is 13.1. The fraction of sp³-hybridized carbons (Fsp3) is 0.429. The Bertz CT molecular complexity index is 1090. The molecule has 0 aromatic heterocycles. The smallest absolute Gasteiger partial charge is 0.243 e. The van der Waals surface area contributed by atoms with Crippen LogP contribution in [0.2, 0.25) is 5.02 Å². The number of ether oxygens (including phenoxy) is 4. The highest BCUT2D eigenvalue weighted by Gasteiger charge is 2.30. The molecule has 0 radical (unpaired) electrons. The van der Waals surface area contributed by atoms with Gasteiger partial charge in [-0.1, -0.05) is 11.6 Å². The van der Waals surface area contributed by atoms with Crippen LogP contribution in [0.3, 0.4) is 0 Å². The third-order valence-electron chi connectivity index (χ3n) is 5.55. The van der Waals surface area contributed by atoms with Gasteiger partial charge in [-0.3, -0.25) is 4.90 Å². The summed E-state index contributed by atoms with van der Waals surface area (Å²) in [5.74, 6) is 2.30. The minimum absolute atomic E-state index is 0.226. The van der Waals surface area contributed by atoms with Gasteiger partial charge < -0.3 is 18.9 Å². The number of halogens is 1. The molecule has 166 valence electrons. The first kappa shape index (κ1) is 20.7. The summed E-state index contributed by atoms with van der Waals surface area (Å²) >= 11 is 6.34. The average Bonchev–Trinajstić information content (AvgIpc) is 2.79. The van der Waals surface area contributed by atoms with Crippen LogP contribution in [0.15, 0.2) is 35.2 Å². The summed E-state index contributed by atoms with van der Waals surface area (Å²) in [6.07, 6.45) is 0. The van der Waals surface area contributed by atoms with Crippen LogP contribution >= 0.6 is 11.6 Å². The molecule has 0 aliphatic carbocycles. The summed E-state index contributed by atoms with van der Waals surface area (Å²) < 4.78 is 50.0. The summed E-state index contributed by atoms with van der Waals surface area (Å²) in [6.45, 7) is 4.60. The second-order valence-corrected chi connectivity index (χ2v) is 9.93. The standard InChI is InChI=1S/C21H23ClN2O6S/c22-17-11-15(12-20-21(17)30-10-9-29-20)14-23-3-5-24(6-4-23)31(25,26)16-1-2-18-19(13-16)28-8-7-27-18/h1-2,11-13H,3-10,14H2. The highest BCUT2D eigenvalue weighted by Crippen LogP contribution is 2.39. The molecule has 3 aliphatic heterocycles. The topological polar surface area (TPSA) is 77.5 Å². The van der Waals surface area contributed by atoms with Crippen molar-refractivity contribution in [3.05, 3.63) is 40.9 Å². The van der Waals surface area contributed by atoms with E-state index in [2.05, 4.69) is 4.90 Å². The third-order valence-corrected chi connectivity index (χ3v) is 7.72. The van der Waals surface area contributed by atoms with Crippen molar-refractivity contribution in [2.75, 3.05) is 52.6 Å². The Hall–Kier alpha value is -2.20. The number of sulfonamides is 1. The minimum atomic E-state index is -3.60. The molecule has 0 atom stereocenters. The van der Waals surface area contributed by atoms with Gasteiger partial charge in [0, 0.05) is 38.8 Å². The lowest BCUT2D eigenvalue weighted by Gasteiger charge is -2.34. The van der Waals surface area contributed by atoms with Crippen LogP contribution in [0, 0.1) is 0 Å². The van der Waals surface area contributed by atoms with Crippen LogP contribution in [-0.4, -0.2) is 70.2 Å². The Labute approximate surface area is 186 Å². The third kappa shape index (κ3) is 4.15. The van der Waals surface area contributed by atoms with Gasteiger partial charge in [0.1, 0.15) is 26.4 Å². The van der Waals surface area contributed by atoms with E-state index in [0.717, 1.165) is 5.56 Å². The zero-order valence-corrected chi connectivity index (χ0v) is 18.5. The summed E-state index contributed by atoms with van der Waals surface area (Å²) in [7, 11) is -3.60. The fourth-order valence-corrected chi connectivity index (χ4v) is 5.70. The van der Waals surface area contributed by atoms with Gasteiger partial charge in [0.2, 0.25) is 10.0 Å². The lowest BCUT2D eigenvalue weighted by molar-refractivity contribution is 0.168. The predicted molar refractivity (Wildman–Crippen MR) is 114 cm³/mol. The molecule has 0 saturated carbocycles. The van der Waals surface area contributed by atoms with Crippen molar-refractivity contribution in [2.45, 2.75) is 11.4 Å². The molecule has 31 heavy (non-hydrogen) atoms. The van der Waals surface area contributed by atoms with Crippen molar-refractivity contribution in [2.24, 2.45) is 0 Å². The van der Waals surface area contributed by atoms with E-state index in [1.54, 1.807) is 18.2 Å². The number of nitrogens with zero attached hydrogens (tertiary/aromatic N) is 2. The zero-order valence-electron chi connectivity index (χ0n) is 16.9. The molecule has 10 heteroatoms. The van der Waals surface area contributed by atoms with Crippen LogP contribution in [0.25, 0.3) is 0 Å². The zero-order chi connectivity index (χ0) is 21.4. The Kier molecular flexibility index (Phi) is 5.60. The van der Waals surface area contributed by atoms with Crippen molar-refractivity contribution < 1.29 is 27.4 Å². The largest absolute Gasteiger partial charge is 0.486 e. The number of hydrogen-bond acceptors (Lipinski definition) is 7. The number of fused-ring (bicyclic) bond motifs is 2. The fourth-order valence-electron chi connectivity index (χ4n) is 3.97. The molecule has 8 nitrogen and oxygen atoms in total. The van der Waals surface area contributed by atoms with Crippen LogP contribution in [0.1, 0.15) is 5.56 Å². The first-order valence-corrected chi connectivity index (χ1v) is 12.0. The molecule has 1 fully saturated rings. The number of benzene rings is 2. The molecular formula is C21H23ClN2O6S. The molecule has 0 spiro atoms. The molecule has 0 N–H and O–H groups in total. The molecule has 3 heterocycles. The SMILES string of the molecule is O=S(=O)(c1ccc2c(c1)OCCO2)N1CCN(Cc2cc(Cl)c3c(c2)OCCO3)CC1. The summed E-state index contributed by atoms with van der Waals surface area (Å²) in [5.41, 5.74) is 1.01. The molecule has 2 aromatic carbocycles. The molecule has 0 bridgehead atoms. The van der Waals surface area contributed by atoms with Crippen molar-refractivity contribution in [3.8, 4) is 23.0 Å². The summed E-state index contributed by atoms with van der Waals surface area (Å²) in [4.78, 5) is 2.43. The van der Waals surface area contributed by atoms with Gasteiger partial charge in [0.25, 0.3) is 0 Å². The van der Waals surface area contributed by atoms with Gasteiger partial charge in [0.15, 0.2) is 23.0 Å². The lowest BCUT2D eigenvalue weighted by Crippen LogP contribution is -2.48. The highest BCUT2D eigenvalue weighted by atomic mass is 35.5. The van der Waals surface area contributed by atoms with E-state index in [1.165, 1.54) is 4.31 Å². The molecule has 1 saturated heterocycles. The molecular weight excluding hydrogens is 444 g/mol. The van der Waals surface area contributed by atoms with E-state index < -0.39 is 10.0 Å². The van der Waals surface area contributed by atoms with E-state index in [0.29, 0.717) is 87.2 Å². The second kappa shape index (κ2) is 8.38. The number of piperazine rings is 1. The van der Waals surface area contributed by atoms with Crippen LogP contribution in [0.5, 0.6) is 23.0 Å². The Morgan fingerprint density at radius 2 is 1.48 bits per heavy atom. The van der Waals surface area contributed by atoms with Crippen LogP contribution in [-0.2, 0) is 16.6 Å². The molecule has 0 unspecified atom stereocenters. The van der Waals surface area contributed by atoms with Crippen molar-refractivity contribution in [3.63, 3.8) is 0 Å². The van der Waals surface area contributed by atoms with Gasteiger partial charge in [-0.05, 0) is 29.8 Å². The van der Waals surface area contributed by atoms with E-state index in [1.807, 2.05) is 12.1 Å². The second-order valence-electron chi connectivity index (χ2n) is 7.59. The van der Waals surface area contributed by atoms with Gasteiger partial charge in [-0.2, -0.15) is 4.31 Å². The Morgan fingerprint density at radius 1 is 0.806 bits per heavy atom. The first-order chi connectivity index (χ1) is 15.0.